The molecule has 26 heavy (non-hydrogen) atoms. The van der Waals surface area contributed by atoms with E-state index in [1.54, 1.807) is 24.3 Å². The van der Waals surface area contributed by atoms with Gasteiger partial charge in [-0.25, -0.2) is 9.59 Å². The Morgan fingerprint density at radius 3 is 1.46 bits per heavy atom. The molecule has 6 nitrogen and oxygen atoms in total. The lowest BCUT2D eigenvalue weighted by molar-refractivity contribution is 0.409. The molecule has 0 unspecified atom stereocenters. The van der Waals surface area contributed by atoms with Crippen molar-refractivity contribution in [3.05, 3.63) is 69.4 Å². The molecule has 0 bridgehead atoms. The van der Waals surface area contributed by atoms with Gasteiger partial charge in [0.1, 0.15) is 22.7 Å². The third-order valence-corrected chi connectivity index (χ3v) is 4.17. The summed E-state index contributed by atoms with van der Waals surface area (Å²) < 4.78 is 21.4. The Balaban J connectivity index is 2.04. The molecule has 0 fully saturated rings. The Labute approximate surface area is 147 Å². The van der Waals surface area contributed by atoms with Crippen molar-refractivity contribution in [2.24, 2.45) is 0 Å². The van der Waals surface area contributed by atoms with Crippen LogP contribution in [0.4, 0.5) is 0 Å². The second-order valence-electron chi connectivity index (χ2n) is 5.69. The third kappa shape index (κ3) is 2.61. The summed E-state index contributed by atoms with van der Waals surface area (Å²) in [5, 5.41) is 1.50. The highest BCUT2D eigenvalue weighted by atomic mass is 16.5. The topological polar surface area (TPSA) is 78.9 Å². The van der Waals surface area contributed by atoms with Gasteiger partial charge in [-0.2, -0.15) is 0 Å². The van der Waals surface area contributed by atoms with Crippen LogP contribution in [-0.2, 0) is 0 Å². The Morgan fingerprint density at radius 1 is 0.654 bits per heavy atom. The van der Waals surface area contributed by atoms with Gasteiger partial charge in [-0.05, 0) is 24.3 Å². The molecule has 2 aromatic heterocycles. The summed E-state index contributed by atoms with van der Waals surface area (Å²) in [6.07, 6.45) is 0. The molecule has 0 aliphatic rings. The molecular formula is C20H14O6. The normalized spacial score (nSPS) is 11.0. The number of hydrogen-bond donors (Lipinski definition) is 0. The van der Waals surface area contributed by atoms with Crippen LogP contribution in [0.1, 0.15) is 0 Å². The fraction of sp³-hybridized carbons (Fsp3) is 0.100. The first-order valence-corrected chi connectivity index (χ1v) is 7.83. The molecule has 6 heteroatoms. The summed E-state index contributed by atoms with van der Waals surface area (Å²) >= 11 is 0. The third-order valence-electron chi connectivity index (χ3n) is 4.17. The standard InChI is InChI=1S/C20H14O6/c1-23-17-9-15-11(3-5-19(21)25-15)7-13(17)14-8-12-4-6-20(22)26-16(12)10-18(14)24-2/h3-10H,1-2H3. The van der Waals surface area contributed by atoms with E-state index in [2.05, 4.69) is 0 Å². The summed E-state index contributed by atoms with van der Waals surface area (Å²) in [4.78, 5) is 22.9. The van der Waals surface area contributed by atoms with Crippen LogP contribution in [0.5, 0.6) is 11.5 Å². The first-order valence-electron chi connectivity index (χ1n) is 7.83. The van der Waals surface area contributed by atoms with Gasteiger partial charge in [0.25, 0.3) is 0 Å². The molecule has 0 N–H and O–H groups in total. The molecule has 0 amide bonds. The van der Waals surface area contributed by atoms with Crippen molar-refractivity contribution in [3.8, 4) is 22.6 Å². The number of rotatable bonds is 3. The van der Waals surface area contributed by atoms with Crippen molar-refractivity contribution in [2.75, 3.05) is 14.2 Å². The average Bonchev–Trinajstić information content (AvgIpc) is 2.65. The zero-order chi connectivity index (χ0) is 18.3. The van der Waals surface area contributed by atoms with Crippen molar-refractivity contribution >= 4 is 21.9 Å². The minimum atomic E-state index is -0.425. The van der Waals surface area contributed by atoms with E-state index in [0.29, 0.717) is 22.7 Å². The highest BCUT2D eigenvalue weighted by molar-refractivity contribution is 5.93. The van der Waals surface area contributed by atoms with Crippen LogP contribution in [0.15, 0.2) is 67.0 Å². The molecule has 4 rings (SSSR count). The summed E-state index contributed by atoms with van der Waals surface area (Å²) in [6.45, 7) is 0. The lowest BCUT2D eigenvalue weighted by atomic mass is 9.99. The summed E-state index contributed by atoms with van der Waals surface area (Å²) in [6, 6.07) is 13.2. The first kappa shape index (κ1) is 16.0. The fourth-order valence-electron chi connectivity index (χ4n) is 2.95. The molecule has 0 aliphatic heterocycles. The zero-order valence-corrected chi connectivity index (χ0v) is 14.1. The van der Waals surface area contributed by atoms with Gasteiger partial charge in [0, 0.05) is 46.2 Å². The van der Waals surface area contributed by atoms with Crippen LogP contribution in [-0.4, -0.2) is 14.2 Å². The van der Waals surface area contributed by atoms with Gasteiger partial charge in [-0.15, -0.1) is 0 Å². The molecule has 0 aliphatic carbocycles. The average molecular weight is 350 g/mol. The van der Waals surface area contributed by atoms with Crippen molar-refractivity contribution < 1.29 is 18.3 Å². The van der Waals surface area contributed by atoms with Crippen LogP contribution in [0, 0.1) is 0 Å². The minimum absolute atomic E-state index is 0.425. The van der Waals surface area contributed by atoms with E-state index >= 15 is 0 Å². The number of fused-ring (bicyclic) bond motifs is 2. The van der Waals surface area contributed by atoms with E-state index in [0.717, 1.165) is 21.9 Å². The molecule has 0 saturated heterocycles. The Bertz CT molecular complexity index is 1150. The van der Waals surface area contributed by atoms with Crippen molar-refractivity contribution in [2.45, 2.75) is 0 Å². The van der Waals surface area contributed by atoms with Gasteiger partial charge in [-0.1, -0.05) is 0 Å². The Morgan fingerprint density at radius 2 is 1.08 bits per heavy atom. The van der Waals surface area contributed by atoms with Gasteiger partial charge in [0.05, 0.1) is 14.2 Å². The molecule has 130 valence electrons. The molecule has 0 atom stereocenters. The van der Waals surface area contributed by atoms with Crippen LogP contribution in [0.25, 0.3) is 33.1 Å². The lowest BCUT2D eigenvalue weighted by Crippen LogP contribution is -1.98. The van der Waals surface area contributed by atoms with Crippen molar-refractivity contribution in [3.63, 3.8) is 0 Å². The molecule has 2 heterocycles. The van der Waals surface area contributed by atoms with Gasteiger partial charge in [-0.3, -0.25) is 0 Å². The predicted molar refractivity (Wildman–Crippen MR) is 97.1 cm³/mol. The maximum absolute atomic E-state index is 11.4. The van der Waals surface area contributed by atoms with E-state index in [9.17, 15) is 9.59 Å². The number of benzene rings is 2. The molecule has 2 aromatic carbocycles. The van der Waals surface area contributed by atoms with Crippen LogP contribution >= 0.6 is 0 Å². The van der Waals surface area contributed by atoms with Gasteiger partial charge < -0.3 is 18.3 Å². The molecule has 4 aromatic rings. The fourth-order valence-corrected chi connectivity index (χ4v) is 2.95. The predicted octanol–water partition coefficient (Wildman–Crippen LogP) is 3.58. The van der Waals surface area contributed by atoms with Crippen LogP contribution < -0.4 is 20.7 Å². The van der Waals surface area contributed by atoms with E-state index in [-0.39, 0.29) is 0 Å². The SMILES string of the molecule is COc1cc2oc(=O)ccc2cc1-c1cc2ccc(=O)oc2cc1OC. The van der Waals surface area contributed by atoms with Crippen molar-refractivity contribution in [1.29, 1.82) is 0 Å². The second-order valence-corrected chi connectivity index (χ2v) is 5.69. The molecule has 0 spiro atoms. The summed E-state index contributed by atoms with van der Waals surface area (Å²) in [5.41, 5.74) is 1.54. The first-order chi connectivity index (χ1) is 12.6. The Hall–Kier alpha value is -3.54. The zero-order valence-electron chi connectivity index (χ0n) is 14.1. The maximum Gasteiger partial charge on any atom is 0.336 e. The lowest BCUT2D eigenvalue weighted by Gasteiger charge is -2.14. The number of methoxy groups -OCH3 is 2. The number of hydrogen-bond acceptors (Lipinski definition) is 6. The number of ether oxygens (including phenoxy) is 2. The summed E-state index contributed by atoms with van der Waals surface area (Å²) in [5.74, 6) is 1.06. The smallest absolute Gasteiger partial charge is 0.336 e. The quantitative estimate of drug-likeness (QED) is 0.526. The van der Waals surface area contributed by atoms with Gasteiger partial charge in [0.2, 0.25) is 0 Å². The van der Waals surface area contributed by atoms with Crippen LogP contribution in [0.2, 0.25) is 0 Å². The molecular weight excluding hydrogens is 336 g/mol. The van der Waals surface area contributed by atoms with E-state index < -0.39 is 11.3 Å². The highest BCUT2D eigenvalue weighted by Gasteiger charge is 2.16. The summed E-state index contributed by atoms with van der Waals surface area (Å²) in [7, 11) is 3.08. The highest BCUT2D eigenvalue weighted by Crippen LogP contribution is 2.40. The van der Waals surface area contributed by atoms with Crippen LogP contribution in [0.3, 0.4) is 0 Å². The molecule has 0 radical (unpaired) electrons. The molecule has 0 saturated carbocycles. The van der Waals surface area contributed by atoms with E-state index in [1.807, 2.05) is 12.1 Å². The van der Waals surface area contributed by atoms with Gasteiger partial charge >= 0.3 is 11.3 Å². The second kappa shape index (κ2) is 6.07. The van der Waals surface area contributed by atoms with Gasteiger partial charge in [0.15, 0.2) is 0 Å². The monoisotopic (exact) mass is 350 g/mol. The van der Waals surface area contributed by atoms with E-state index in [4.69, 9.17) is 18.3 Å². The largest absolute Gasteiger partial charge is 0.496 e. The van der Waals surface area contributed by atoms with Crippen molar-refractivity contribution in [1.82, 2.24) is 0 Å². The van der Waals surface area contributed by atoms with E-state index in [1.165, 1.54) is 26.4 Å². The minimum Gasteiger partial charge on any atom is -0.496 e. The Kier molecular flexibility index (Phi) is 3.73. The maximum atomic E-state index is 11.4.